The van der Waals surface area contributed by atoms with Gasteiger partial charge >= 0.3 is 5.97 Å². The van der Waals surface area contributed by atoms with Gasteiger partial charge in [0.15, 0.2) is 25.2 Å². The van der Waals surface area contributed by atoms with E-state index in [4.69, 9.17) is 47.4 Å². The second kappa shape index (κ2) is 24.1. The summed E-state index contributed by atoms with van der Waals surface area (Å²) in [4.78, 5) is 15.3. The molecule has 0 radical (unpaired) electrons. The highest BCUT2D eigenvalue weighted by Crippen LogP contribution is 2.76. The SMILES string of the molecule is CC1(C)CCC2(C(=O)OC3OC(COC4OC(COC5OCC(O)C(O)C5O)C(O)C(O)C4OC4OC(CO)C(O)C(O)C4O)C(O)C(O)C3O)CCC3(C)C(=CCC4C5(C)CCC(OC6OCC(O)C(O)C6O)C(C)(C)C5CCC43C)C2C1. The highest BCUT2D eigenvalue weighted by molar-refractivity contribution is 5.79. The third-order valence-corrected chi connectivity index (χ3v) is 22.7. The summed E-state index contributed by atoms with van der Waals surface area (Å²) in [7, 11) is 0. The third-order valence-electron chi connectivity index (χ3n) is 22.7. The van der Waals surface area contributed by atoms with Crippen molar-refractivity contribution in [1.29, 1.82) is 0 Å². The van der Waals surface area contributed by atoms with Crippen LogP contribution in [-0.2, 0) is 52.2 Å². The van der Waals surface area contributed by atoms with Crippen molar-refractivity contribution in [3.8, 4) is 0 Å². The van der Waals surface area contributed by atoms with Gasteiger partial charge in [0.1, 0.15) is 110 Å². The quantitative estimate of drug-likeness (QED) is 0.0499. The predicted octanol–water partition coefficient (Wildman–Crippen LogP) is -2.93. The van der Waals surface area contributed by atoms with Gasteiger partial charge < -0.3 is 124 Å². The molecule has 15 N–H and O–H groups in total. The molecule has 5 heterocycles. The zero-order valence-corrected chi connectivity index (χ0v) is 49.0. The lowest BCUT2D eigenvalue weighted by Gasteiger charge is -2.71. The van der Waals surface area contributed by atoms with Crippen LogP contribution < -0.4 is 0 Å². The van der Waals surface area contributed by atoms with Crippen LogP contribution in [0.4, 0.5) is 0 Å². The molecular formula is C58H94O26. The number of hydrogen-bond acceptors (Lipinski definition) is 26. The summed E-state index contributed by atoms with van der Waals surface area (Å²) in [5.74, 6) is -0.406. The number of rotatable bonds is 13. The fourth-order valence-corrected chi connectivity index (χ4v) is 17.2. The average Bonchev–Trinajstić information content (AvgIpc) is 0.691. The molecule has 482 valence electrons. The minimum absolute atomic E-state index is 0.118. The highest BCUT2D eigenvalue weighted by atomic mass is 16.8. The monoisotopic (exact) mass is 1210 g/mol. The first kappa shape index (κ1) is 65.2. The molecule has 31 unspecified atom stereocenters. The summed E-state index contributed by atoms with van der Waals surface area (Å²) in [5.41, 5.74) is -1.000. The minimum atomic E-state index is -2.01. The first-order valence-corrected chi connectivity index (χ1v) is 30.1. The summed E-state index contributed by atoms with van der Waals surface area (Å²) in [6, 6.07) is 0. The van der Waals surface area contributed by atoms with Gasteiger partial charge in [0.05, 0.1) is 44.6 Å². The standard InChI is InChI=1S/C58H94O26/c1-53(2)14-16-58(17-15-56(6)24(25(58)18-53)8-9-32-55(5)12-11-33(54(3,4)31(55)10-13-57(32,56)7)82-48-43(71)35(63)27(61)21-76-48)52(74)84-50-45(73)40(68)37(65)29(80-50)23-78-51-46(83-49-44(72)39(67)36(64)28(19-59)79-49)41(69)38(66)30(81-51)22-77-47-42(70)34(62)26(60)20-75-47/h8,25-51,59-73H,9-23H2,1-7H3. The number of fused-ring (bicyclic) bond motifs is 7. The molecule has 26 nitrogen and oxygen atoms in total. The van der Waals surface area contributed by atoms with E-state index in [-0.39, 0.29) is 57.5 Å². The Kier molecular flexibility index (Phi) is 18.7. The second-order valence-corrected chi connectivity index (χ2v) is 28.3. The van der Waals surface area contributed by atoms with Crippen LogP contribution in [0, 0.1) is 50.2 Å². The van der Waals surface area contributed by atoms with Gasteiger partial charge in [-0.25, -0.2) is 0 Å². The molecule has 0 aromatic rings. The Balaban J connectivity index is 0.859. The van der Waals surface area contributed by atoms with Crippen LogP contribution in [0.25, 0.3) is 0 Å². The number of carbonyl (C=O) groups is 1. The molecule has 84 heavy (non-hydrogen) atoms. The van der Waals surface area contributed by atoms with Gasteiger partial charge in [0, 0.05) is 0 Å². The Morgan fingerprint density at radius 3 is 1.71 bits per heavy atom. The zero-order chi connectivity index (χ0) is 61.1. The molecule has 31 atom stereocenters. The van der Waals surface area contributed by atoms with E-state index >= 15 is 4.79 Å². The number of allylic oxidation sites excluding steroid dienone is 2. The summed E-state index contributed by atoms with van der Waals surface area (Å²) in [5, 5.41) is 161. The molecule has 0 spiro atoms. The Labute approximate surface area is 488 Å². The number of aliphatic hydroxyl groups excluding tert-OH is 15. The first-order valence-electron chi connectivity index (χ1n) is 30.1. The van der Waals surface area contributed by atoms with Crippen molar-refractivity contribution in [1.82, 2.24) is 0 Å². The highest BCUT2D eigenvalue weighted by Gasteiger charge is 2.70. The van der Waals surface area contributed by atoms with Crippen molar-refractivity contribution in [2.45, 2.75) is 260 Å². The predicted molar refractivity (Wildman–Crippen MR) is 283 cm³/mol. The summed E-state index contributed by atoms with van der Waals surface area (Å²) in [6.07, 6.45) is -29.7. The molecule has 10 rings (SSSR count). The number of esters is 1. The third kappa shape index (κ3) is 11.1. The summed E-state index contributed by atoms with van der Waals surface area (Å²) in [6.45, 7) is 13.2. The molecular weight excluding hydrogens is 1110 g/mol. The van der Waals surface area contributed by atoms with E-state index in [9.17, 15) is 76.6 Å². The topological polar surface area (TPSA) is 413 Å². The Bertz CT molecular complexity index is 2330. The van der Waals surface area contributed by atoms with E-state index < -0.39 is 179 Å². The summed E-state index contributed by atoms with van der Waals surface area (Å²) < 4.78 is 59.0. The van der Waals surface area contributed by atoms with Gasteiger partial charge in [-0.1, -0.05) is 60.1 Å². The molecule has 0 bridgehead atoms. The number of aliphatic hydroxyl groups is 15. The molecule has 0 aromatic heterocycles. The lowest BCUT2D eigenvalue weighted by Crippen LogP contribution is -2.66. The molecule has 4 saturated carbocycles. The van der Waals surface area contributed by atoms with Gasteiger partial charge in [-0.3, -0.25) is 4.79 Å². The second-order valence-electron chi connectivity index (χ2n) is 28.3. The lowest BCUT2D eigenvalue weighted by molar-refractivity contribution is -0.376. The van der Waals surface area contributed by atoms with E-state index in [1.54, 1.807) is 0 Å². The minimum Gasteiger partial charge on any atom is -0.432 e. The van der Waals surface area contributed by atoms with E-state index in [0.29, 0.717) is 38.5 Å². The fourth-order valence-electron chi connectivity index (χ4n) is 17.2. The average molecular weight is 1210 g/mol. The largest absolute Gasteiger partial charge is 0.432 e. The Morgan fingerprint density at radius 1 is 0.536 bits per heavy atom. The Hall–Kier alpha value is -1.75. The van der Waals surface area contributed by atoms with Gasteiger partial charge in [-0.2, -0.15) is 0 Å². The fraction of sp³-hybridized carbons (Fsp3) is 0.948. The van der Waals surface area contributed by atoms with Crippen molar-refractivity contribution in [3.05, 3.63) is 11.6 Å². The maximum Gasteiger partial charge on any atom is 0.315 e. The van der Waals surface area contributed by atoms with Crippen molar-refractivity contribution >= 4 is 5.97 Å². The van der Waals surface area contributed by atoms with Crippen LogP contribution in [-0.4, -0.2) is 263 Å². The van der Waals surface area contributed by atoms with Crippen LogP contribution in [0.2, 0.25) is 0 Å². The van der Waals surface area contributed by atoms with Crippen molar-refractivity contribution in [2.24, 2.45) is 50.2 Å². The molecule has 0 aromatic carbocycles. The summed E-state index contributed by atoms with van der Waals surface area (Å²) >= 11 is 0. The van der Waals surface area contributed by atoms with Crippen LogP contribution in [0.5, 0.6) is 0 Å². The smallest absolute Gasteiger partial charge is 0.315 e. The maximum atomic E-state index is 15.3. The van der Waals surface area contributed by atoms with Gasteiger partial charge in [0.25, 0.3) is 0 Å². The molecule has 5 saturated heterocycles. The van der Waals surface area contributed by atoms with Crippen LogP contribution in [0.1, 0.15) is 113 Å². The van der Waals surface area contributed by atoms with Crippen molar-refractivity contribution in [3.63, 3.8) is 0 Å². The molecule has 5 aliphatic carbocycles. The lowest BCUT2D eigenvalue weighted by atomic mass is 9.33. The maximum absolute atomic E-state index is 15.3. The van der Waals surface area contributed by atoms with Gasteiger partial charge in [-0.05, 0) is 109 Å². The van der Waals surface area contributed by atoms with E-state index in [0.717, 1.165) is 25.7 Å². The van der Waals surface area contributed by atoms with Gasteiger partial charge in [0.2, 0.25) is 6.29 Å². The number of carbonyl (C=O) groups excluding carboxylic acids is 1. The van der Waals surface area contributed by atoms with E-state index in [1.165, 1.54) is 5.57 Å². The number of ether oxygens (including phenoxy) is 10. The van der Waals surface area contributed by atoms with E-state index in [2.05, 4.69) is 54.5 Å². The molecule has 9 fully saturated rings. The molecule has 5 aliphatic heterocycles. The van der Waals surface area contributed by atoms with Crippen molar-refractivity contribution in [2.75, 3.05) is 33.0 Å². The molecule has 0 amide bonds. The normalized spacial score (nSPS) is 53.7. The Morgan fingerprint density at radius 2 is 1.07 bits per heavy atom. The first-order chi connectivity index (χ1) is 39.3. The zero-order valence-electron chi connectivity index (χ0n) is 49.0. The van der Waals surface area contributed by atoms with Crippen LogP contribution in [0.15, 0.2) is 11.6 Å². The van der Waals surface area contributed by atoms with Crippen LogP contribution in [0.3, 0.4) is 0 Å². The van der Waals surface area contributed by atoms with Crippen molar-refractivity contribution < 1.29 is 129 Å². The van der Waals surface area contributed by atoms with E-state index in [1.807, 2.05) is 0 Å². The molecule has 26 heteroatoms. The van der Waals surface area contributed by atoms with Gasteiger partial charge in [-0.15, -0.1) is 0 Å². The number of hydrogen-bond donors (Lipinski definition) is 15. The molecule has 10 aliphatic rings. The van der Waals surface area contributed by atoms with Crippen LogP contribution >= 0.6 is 0 Å².